The lowest BCUT2D eigenvalue weighted by atomic mass is 10.4. The molecule has 3 N–H and O–H groups in total. The molecule has 0 radical (unpaired) electrons. The zero-order valence-electron chi connectivity index (χ0n) is 7.85. The van der Waals surface area contributed by atoms with Crippen molar-refractivity contribution in [2.24, 2.45) is 0 Å². The molecule has 7 nitrogen and oxygen atoms in total. The number of aromatic amines is 2. The van der Waals surface area contributed by atoms with Gasteiger partial charge in [-0.05, 0) is 6.92 Å². The van der Waals surface area contributed by atoms with Gasteiger partial charge in [-0.25, -0.2) is 8.42 Å². The van der Waals surface area contributed by atoms with E-state index in [9.17, 15) is 8.42 Å². The van der Waals surface area contributed by atoms with Gasteiger partial charge in [0.2, 0.25) is 0 Å². The Labute approximate surface area is 86.0 Å². The van der Waals surface area contributed by atoms with Crippen molar-refractivity contribution in [1.82, 2.24) is 20.4 Å². The van der Waals surface area contributed by atoms with Gasteiger partial charge in [-0.15, -0.1) is 0 Å². The van der Waals surface area contributed by atoms with Crippen molar-refractivity contribution in [3.8, 4) is 0 Å². The lowest BCUT2D eigenvalue weighted by Gasteiger charge is -2.03. The van der Waals surface area contributed by atoms with E-state index in [4.69, 9.17) is 0 Å². The van der Waals surface area contributed by atoms with E-state index in [0.717, 1.165) is 5.56 Å². The summed E-state index contributed by atoms with van der Waals surface area (Å²) in [5.74, 6) is 0.358. The number of hydrogen-bond acceptors (Lipinski definition) is 4. The molecular weight excluding hydrogens is 218 g/mol. The van der Waals surface area contributed by atoms with Crippen LogP contribution in [-0.2, 0) is 10.0 Å². The van der Waals surface area contributed by atoms with E-state index in [1.54, 1.807) is 6.92 Å². The minimum atomic E-state index is -3.58. The van der Waals surface area contributed by atoms with E-state index in [2.05, 4.69) is 25.1 Å². The quantitative estimate of drug-likeness (QED) is 0.698. The van der Waals surface area contributed by atoms with E-state index in [1.807, 2.05) is 0 Å². The van der Waals surface area contributed by atoms with Crippen LogP contribution in [0.4, 0.5) is 5.82 Å². The molecule has 0 spiro atoms. The SMILES string of the molecule is Cc1cn[nH]c1NS(=O)(=O)c1cn[nH]c1. The first kappa shape index (κ1) is 9.71. The van der Waals surface area contributed by atoms with Crippen LogP contribution in [-0.4, -0.2) is 28.8 Å². The van der Waals surface area contributed by atoms with Crippen LogP contribution in [0.1, 0.15) is 5.56 Å². The predicted molar refractivity (Wildman–Crippen MR) is 52.7 cm³/mol. The molecule has 0 fully saturated rings. The molecule has 0 aliphatic carbocycles. The van der Waals surface area contributed by atoms with Crippen LogP contribution >= 0.6 is 0 Å². The molecule has 0 unspecified atom stereocenters. The topological polar surface area (TPSA) is 104 Å². The highest BCUT2D eigenvalue weighted by molar-refractivity contribution is 7.92. The minimum absolute atomic E-state index is 0.0801. The number of hydrogen-bond donors (Lipinski definition) is 3. The Balaban J connectivity index is 2.31. The average Bonchev–Trinajstić information content (AvgIpc) is 2.77. The van der Waals surface area contributed by atoms with Crippen LogP contribution in [0.25, 0.3) is 0 Å². The highest BCUT2D eigenvalue weighted by atomic mass is 32.2. The summed E-state index contributed by atoms with van der Waals surface area (Å²) in [6.07, 6.45) is 4.06. The van der Waals surface area contributed by atoms with Crippen molar-refractivity contribution in [1.29, 1.82) is 0 Å². The maximum absolute atomic E-state index is 11.7. The van der Waals surface area contributed by atoms with Gasteiger partial charge in [0.25, 0.3) is 10.0 Å². The van der Waals surface area contributed by atoms with Crippen LogP contribution in [0.15, 0.2) is 23.5 Å². The Morgan fingerprint density at radius 1 is 1.33 bits per heavy atom. The number of aryl methyl sites for hydroxylation is 1. The van der Waals surface area contributed by atoms with Crippen LogP contribution in [0.5, 0.6) is 0 Å². The van der Waals surface area contributed by atoms with E-state index in [-0.39, 0.29) is 4.90 Å². The zero-order chi connectivity index (χ0) is 10.9. The zero-order valence-corrected chi connectivity index (χ0v) is 8.67. The van der Waals surface area contributed by atoms with Crippen molar-refractivity contribution in [3.63, 3.8) is 0 Å². The number of anilines is 1. The van der Waals surface area contributed by atoms with Gasteiger partial charge in [0, 0.05) is 11.8 Å². The van der Waals surface area contributed by atoms with Gasteiger partial charge in [-0.3, -0.25) is 14.9 Å². The van der Waals surface area contributed by atoms with Crippen LogP contribution < -0.4 is 4.72 Å². The number of sulfonamides is 1. The number of H-pyrrole nitrogens is 2. The highest BCUT2D eigenvalue weighted by Gasteiger charge is 2.16. The van der Waals surface area contributed by atoms with E-state index < -0.39 is 10.0 Å². The maximum Gasteiger partial charge on any atom is 0.266 e. The van der Waals surface area contributed by atoms with Gasteiger partial charge in [0.15, 0.2) is 0 Å². The lowest BCUT2D eigenvalue weighted by Crippen LogP contribution is -2.13. The molecule has 0 saturated carbocycles. The van der Waals surface area contributed by atoms with Crippen molar-refractivity contribution in [2.45, 2.75) is 11.8 Å². The molecular formula is C7H9N5O2S. The second kappa shape index (κ2) is 3.39. The summed E-state index contributed by atoms with van der Waals surface area (Å²) in [5.41, 5.74) is 0.724. The van der Waals surface area contributed by atoms with Crippen LogP contribution in [0.3, 0.4) is 0 Å². The highest BCUT2D eigenvalue weighted by Crippen LogP contribution is 2.15. The second-order valence-electron chi connectivity index (χ2n) is 2.97. The molecule has 0 bridgehead atoms. The molecule has 2 aromatic heterocycles. The van der Waals surface area contributed by atoms with Crippen molar-refractivity contribution in [3.05, 3.63) is 24.2 Å². The summed E-state index contributed by atoms with van der Waals surface area (Å²) < 4.78 is 25.8. The molecule has 0 amide bonds. The third kappa shape index (κ3) is 1.84. The Kier molecular flexibility index (Phi) is 2.19. The Morgan fingerprint density at radius 3 is 2.67 bits per heavy atom. The molecule has 8 heteroatoms. The van der Waals surface area contributed by atoms with E-state index in [0.29, 0.717) is 5.82 Å². The van der Waals surface area contributed by atoms with Crippen molar-refractivity contribution >= 4 is 15.8 Å². The van der Waals surface area contributed by atoms with Gasteiger partial charge in [0.1, 0.15) is 10.7 Å². The molecule has 15 heavy (non-hydrogen) atoms. The van der Waals surface area contributed by atoms with Gasteiger partial charge < -0.3 is 0 Å². The molecule has 2 heterocycles. The summed E-state index contributed by atoms with van der Waals surface area (Å²) in [5, 5.41) is 12.3. The summed E-state index contributed by atoms with van der Waals surface area (Å²) in [4.78, 5) is 0.0801. The number of rotatable bonds is 3. The number of aromatic nitrogens is 4. The Hall–Kier alpha value is -1.83. The van der Waals surface area contributed by atoms with Crippen LogP contribution in [0, 0.1) is 6.92 Å². The fourth-order valence-corrected chi connectivity index (χ4v) is 2.02. The average molecular weight is 227 g/mol. The smallest absolute Gasteiger partial charge is 0.266 e. The first-order valence-electron chi connectivity index (χ1n) is 4.11. The molecule has 0 aromatic carbocycles. The number of nitrogens with one attached hydrogen (secondary N) is 3. The first-order chi connectivity index (χ1) is 7.09. The molecule has 80 valence electrons. The lowest BCUT2D eigenvalue weighted by molar-refractivity contribution is 0.601. The van der Waals surface area contributed by atoms with E-state index >= 15 is 0 Å². The minimum Gasteiger partial charge on any atom is -0.284 e. The van der Waals surface area contributed by atoms with Crippen molar-refractivity contribution in [2.75, 3.05) is 4.72 Å². The standard InChI is InChI=1S/C7H9N5O2S/c1-5-2-10-11-7(5)12-15(13,14)6-3-8-9-4-6/h2-4H,1H3,(H,8,9)(H2,10,11,12). The summed E-state index contributed by atoms with van der Waals surface area (Å²) >= 11 is 0. The summed E-state index contributed by atoms with van der Waals surface area (Å²) in [7, 11) is -3.58. The monoisotopic (exact) mass is 227 g/mol. The van der Waals surface area contributed by atoms with Crippen LogP contribution in [0.2, 0.25) is 0 Å². The van der Waals surface area contributed by atoms with Gasteiger partial charge in [-0.2, -0.15) is 10.2 Å². The predicted octanol–water partition coefficient (Wildman–Crippen LogP) is 0.242. The molecule has 0 atom stereocenters. The second-order valence-corrected chi connectivity index (χ2v) is 4.65. The maximum atomic E-state index is 11.7. The molecule has 0 aliphatic rings. The third-order valence-corrected chi connectivity index (χ3v) is 3.17. The molecule has 2 aromatic rings. The summed E-state index contributed by atoms with van der Waals surface area (Å²) in [6, 6.07) is 0. The third-order valence-electron chi connectivity index (χ3n) is 1.85. The summed E-state index contributed by atoms with van der Waals surface area (Å²) in [6.45, 7) is 1.75. The number of nitrogens with zero attached hydrogens (tertiary/aromatic N) is 2. The Morgan fingerprint density at radius 2 is 2.13 bits per heavy atom. The first-order valence-corrected chi connectivity index (χ1v) is 5.59. The fraction of sp³-hybridized carbons (Fsp3) is 0.143. The van der Waals surface area contributed by atoms with Gasteiger partial charge in [0.05, 0.1) is 12.4 Å². The molecule has 2 rings (SSSR count). The van der Waals surface area contributed by atoms with Gasteiger partial charge >= 0.3 is 0 Å². The van der Waals surface area contributed by atoms with Gasteiger partial charge in [-0.1, -0.05) is 0 Å². The largest absolute Gasteiger partial charge is 0.284 e. The molecule has 0 aliphatic heterocycles. The Bertz CT molecular complexity index is 542. The normalized spacial score (nSPS) is 11.5. The van der Waals surface area contributed by atoms with Crippen molar-refractivity contribution < 1.29 is 8.42 Å². The molecule has 0 saturated heterocycles. The fourth-order valence-electron chi connectivity index (χ4n) is 1.03. The van der Waals surface area contributed by atoms with E-state index in [1.165, 1.54) is 18.6 Å².